The summed E-state index contributed by atoms with van der Waals surface area (Å²) >= 11 is 0. The summed E-state index contributed by atoms with van der Waals surface area (Å²) in [5.41, 5.74) is 5.85. The summed E-state index contributed by atoms with van der Waals surface area (Å²) in [5.74, 6) is 0.0369. The van der Waals surface area contributed by atoms with Crippen LogP contribution in [0.4, 0.5) is 13.2 Å². The molecule has 0 heterocycles. The van der Waals surface area contributed by atoms with Gasteiger partial charge in [0.15, 0.2) is 0 Å². The molecule has 1 aliphatic carbocycles. The molecule has 0 unspecified atom stereocenters. The third kappa shape index (κ3) is 1.71. The maximum absolute atomic E-state index is 12.5. The zero-order valence-corrected chi connectivity index (χ0v) is 9.18. The van der Waals surface area contributed by atoms with E-state index in [0.717, 1.165) is 6.07 Å². The zero-order valence-electron chi connectivity index (χ0n) is 9.18. The Hall–Kier alpha value is -1.03. The molecular weight excluding hydrogens is 215 g/mol. The van der Waals surface area contributed by atoms with Gasteiger partial charge in [0.2, 0.25) is 0 Å². The number of hydrogen-bond donors (Lipinski definition) is 1. The Labute approximate surface area is 92.5 Å². The third-order valence-corrected chi connectivity index (χ3v) is 3.48. The summed E-state index contributed by atoms with van der Waals surface area (Å²) < 4.78 is 37.5. The molecule has 0 saturated heterocycles. The Morgan fingerprint density at radius 3 is 2.25 bits per heavy atom. The minimum atomic E-state index is -4.28. The lowest BCUT2D eigenvalue weighted by molar-refractivity contribution is -0.137. The highest BCUT2D eigenvalue weighted by atomic mass is 19.4. The molecule has 2 rings (SSSR count). The minimum Gasteiger partial charge on any atom is -0.327 e. The van der Waals surface area contributed by atoms with E-state index in [1.165, 1.54) is 12.1 Å². The van der Waals surface area contributed by atoms with Gasteiger partial charge < -0.3 is 5.73 Å². The Bertz CT molecular complexity index is 409. The van der Waals surface area contributed by atoms with E-state index in [4.69, 9.17) is 5.73 Å². The first-order valence-electron chi connectivity index (χ1n) is 5.17. The van der Waals surface area contributed by atoms with Crippen molar-refractivity contribution in [3.8, 4) is 0 Å². The van der Waals surface area contributed by atoms with E-state index in [1.54, 1.807) is 6.07 Å². The molecule has 88 valence electrons. The van der Waals surface area contributed by atoms with E-state index in [9.17, 15) is 13.2 Å². The van der Waals surface area contributed by atoms with Crippen LogP contribution in [0.25, 0.3) is 0 Å². The molecule has 1 aromatic carbocycles. The highest BCUT2D eigenvalue weighted by molar-refractivity contribution is 5.37. The van der Waals surface area contributed by atoms with Gasteiger partial charge in [-0.15, -0.1) is 0 Å². The van der Waals surface area contributed by atoms with Crippen molar-refractivity contribution in [2.24, 2.45) is 11.1 Å². The van der Waals surface area contributed by atoms with Crippen LogP contribution in [0.15, 0.2) is 24.3 Å². The average Bonchev–Trinajstić information content (AvgIpc) is 2.65. The lowest BCUT2D eigenvalue weighted by atomic mass is 10.0. The first-order chi connectivity index (χ1) is 7.24. The predicted molar refractivity (Wildman–Crippen MR) is 55.9 cm³/mol. The summed E-state index contributed by atoms with van der Waals surface area (Å²) in [6.45, 7) is 3.95. The van der Waals surface area contributed by atoms with E-state index in [2.05, 4.69) is 0 Å². The molecular formula is C12H14F3N. The third-order valence-electron chi connectivity index (χ3n) is 3.48. The first-order valence-corrected chi connectivity index (χ1v) is 5.17. The van der Waals surface area contributed by atoms with E-state index >= 15 is 0 Å². The fraction of sp³-hybridized carbons (Fsp3) is 0.500. The number of rotatable bonds is 1. The van der Waals surface area contributed by atoms with E-state index < -0.39 is 11.7 Å². The quantitative estimate of drug-likeness (QED) is 0.786. The van der Waals surface area contributed by atoms with Gasteiger partial charge in [0.05, 0.1) is 5.56 Å². The number of benzene rings is 1. The fourth-order valence-electron chi connectivity index (χ4n) is 2.22. The summed E-state index contributed by atoms with van der Waals surface area (Å²) in [6, 6.07) is 5.41. The molecule has 0 bridgehead atoms. The lowest BCUT2D eigenvalue weighted by Gasteiger charge is -2.09. The standard InChI is InChI=1S/C12H14F3N/c1-11(2)9(10(11)16)7-4-3-5-8(6-7)12(13,14)15/h3-6,9-10H,16H2,1-2H3/t9-,10-/m0/s1. The molecule has 1 aliphatic rings. The highest BCUT2D eigenvalue weighted by Crippen LogP contribution is 2.57. The van der Waals surface area contributed by atoms with Crippen molar-refractivity contribution >= 4 is 0 Å². The van der Waals surface area contributed by atoms with Gasteiger partial charge in [0.1, 0.15) is 0 Å². The highest BCUT2D eigenvalue weighted by Gasteiger charge is 2.56. The van der Waals surface area contributed by atoms with Gasteiger partial charge in [0, 0.05) is 12.0 Å². The second-order valence-corrected chi connectivity index (χ2v) is 4.95. The van der Waals surface area contributed by atoms with Crippen LogP contribution in [0.1, 0.15) is 30.9 Å². The first kappa shape index (κ1) is 11.5. The maximum atomic E-state index is 12.5. The molecule has 0 amide bonds. The Morgan fingerprint density at radius 2 is 1.81 bits per heavy atom. The van der Waals surface area contributed by atoms with Crippen LogP contribution in [0.2, 0.25) is 0 Å². The molecule has 0 radical (unpaired) electrons. The van der Waals surface area contributed by atoms with Crippen LogP contribution in [0.3, 0.4) is 0 Å². The van der Waals surface area contributed by atoms with E-state index in [0.29, 0.717) is 5.56 Å². The number of alkyl halides is 3. The molecule has 1 saturated carbocycles. The van der Waals surface area contributed by atoms with Crippen molar-refractivity contribution in [1.82, 2.24) is 0 Å². The fourth-order valence-corrected chi connectivity index (χ4v) is 2.22. The second-order valence-electron chi connectivity index (χ2n) is 4.95. The molecule has 0 aromatic heterocycles. The second kappa shape index (κ2) is 3.23. The van der Waals surface area contributed by atoms with Gasteiger partial charge in [-0.3, -0.25) is 0 Å². The van der Waals surface area contributed by atoms with Crippen LogP contribution in [0, 0.1) is 5.41 Å². The Kier molecular flexibility index (Phi) is 2.31. The maximum Gasteiger partial charge on any atom is 0.416 e. The summed E-state index contributed by atoms with van der Waals surface area (Å²) in [7, 11) is 0. The number of hydrogen-bond acceptors (Lipinski definition) is 1. The van der Waals surface area contributed by atoms with Crippen molar-refractivity contribution in [3.05, 3.63) is 35.4 Å². The monoisotopic (exact) mass is 229 g/mol. The zero-order chi connectivity index (χ0) is 12.1. The van der Waals surface area contributed by atoms with Gasteiger partial charge >= 0.3 is 6.18 Å². The largest absolute Gasteiger partial charge is 0.416 e. The van der Waals surface area contributed by atoms with Crippen LogP contribution >= 0.6 is 0 Å². The molecule has 2 N–H and O–H groups in total. The Morgan fingerprint density at radius 1 is 1.25 bits per heavy atom. The molecule has 0 aliphatic heterocycles. The summed E-state index contributed by atoms with van der Waals surface area (Å²) in [4.78, 5) is 0. The summed E-state index contributed by atoms with van der Waals surface area (Å²) in [6.07, 6.45) is -4.28. The van der Waals surface area contributed by atoms with Crippen LogP contribution in [-0.4, -0.2) is 6.04 Å². The van der Waals surface area contributed by atoms with Crippen molar-refractivity contribution in [3.63, 3.8) is 0 Å². The molecule has 1 nitrogen and oxygen atoms in total. The SMILES string of the molecule is CC1(C)[C@@H](N)[C@@H]1c1cccc(C(F)(F)F)c1. The van der Waals surface area contributed by atoms with Gasteiger partial charge in [-0.1, -0.05) is 32.0 Å². The van der Waals surface area contributed by atoms with Gasteiger partial charge in [-0.25, -0.2) is 0 Å². The number of halogens is 3. The van der Waals surface area contributed by atoms with Crippen LogP contribution in [0.5, 0.6) is 0 Å². The van der Waals surface area contributed by atoms with Gasteiger partial charge in [0.25, 0.3) is 0 Å². The van der Waals surface area contributed by atoms with Crippen LogP contribution in [-0.2, 0) is 6.18 Å². The smallest absolute Gasteiger partial charge is 0.327 e. The van der Waals surface area contributed by atoms with Gasteiger partial charge in [-0.2, -0.15) is 13.2 Å². The van der Waals surface area contributed by atoms with Crippen molar-refractivity contribution in [2.45, 2.75) is 32.0 Å². The molecule has 1 fully saturated rings. The van der Waals surface area contributed by atoms with E-state index in [1.807, 2.05) is 13.8 Å². The predicted octanol–water partition coefficient (Wildman–Crippen LogP) is 3.16. The minimum absolute atomic E-state index is 0.0369. The van der Waals surface area contributed by atoms with Crippen molar-refractivity contribution in [1.29, 1.82) is 0 Å². The topological polar surface area (TPSA) is 26.0 Å². The number of nitrogens with two attached hydrogens (primary N) is 1. The molecule has 16 heavy (non-hydrogen) atoms. The van der Waals surface area contributed by atoms with E-state index in [-0.39, 0.29) is 17.4 Å². The average molecular weight is 229 g/mol. The van der Waals surface area contributed by atoms with Crippen molar-refractivity contribution in [2.75, 3.05) is 0 Å². The van der Waals surface area contributed by atoms with Crippen LogP contribution < -0.4 is 5.73 Å². The van der Waals surface area contributed by atoms with Crippen molar-refractivity contribution < 1.29 is 13.2 Å². The molecule has 1 aromatic rings. The lowest BCUT2D eigenvalue weighted by Crippen LogP contribution is -2.07. The summed E-state index contributed by atoms with van der Waals surface area (Å²) in [5, 5.41) is 0. The molecule has 2 atom stereocenters. The van der Waals surface area contributed by atoms with Gasteiger partial charge in [-0.05, 0) is 17.0 Å². The Balaban J connectivity index is 2.32. The normalized spacial score (nSPS) is 27.9. The molecule has 0 spiro atoms. The molecule has 4 heteroatoms.